The Labute approximate surface area is 127 Å². The Balaban J connectivity index is 1.79. The molecule has 0 spiro atoms. The van der Waals surface area contributed by atoms with Gasteiger partial charge in [-0.25, -0.2) is 4.39 Å². The monoisotopic (exact) mass is 297 g/mol. The van der Waals surface area contributed by atoms with Crippen molar-refractivity contribution in [2.75, 3.05) is 5.32 Å². The third-order valence-corrected chi connectivity index (χ3v) is 3.62. The lowest BCUT2D eigenvalue weighted by Crippen LogP contribution is -2.15. The van der Waals surface area contributed by atoms with Crippen LogP contribution in [0.15, 0.2) is 47.1 Å². The zero-order chi connectivity index (χ0) is 15.7. The Kier molecular flexibility index (Phi) is 3.67. The van der Waals surface area contributed by atoms with E-state index in [0.717, 1.165) is 16.8 Å². The van der Waals surface area contributed by atoms with Crippen LogP contribution in [0.5, 0.6) is 0 Å². The lowest BCUT2D eigenvalue weighted by atomic mass is 10.1. The standard InChI is InChI=1S/C18H16FNO2/c1-11-3-5-16(12(2)7-11)20-18(21)8-13-10-22-17-6-4-14(19)9-15(13)17/h3-7,9-10H,8H2,1-2H3,(H,20,21). The van der Waals surface area contributed by atoms with Crippen molar-refractivity contribution in [1.29, 1.82) is 0 Å². The van der Waals surface area contributed by atoms with Crippen LogP contribution in [0.25, 0.3) is 11.0 Å². The van der Waals surface area contributed by atoms with Gasteiger partial charge < -0.3 is 9.73 Å². The maximum Gasteiger partial charge on any atom is 0.228 e. The lowest BCUT2D eigenvalue weighted by Gasteiger charge is -2.08. The van der Waals surface area contributed by atoms with E-state index in [9.17, 15) is 9.18 Å². The van der Waals surface area contributed by atoms with Crippen LogP contribution in [-0.4, -0.2) is 5.91 Å². The zero-order valence-corrected chi connectivity index (χ0v) is 12.4. The molecule has 112 valence electrons. The number of furan rings is 1. The number of halogens is 1. The molecule has 1 aromatic heterocycles. The molecule has 0 saturated heterocycles. The van der Waals surface area contributed by atoms with Crippen LogP contribution in [0.1, 0.15) is 16.7 Å². The predicted molar refractivity (Wildman–Crippen MR) is 84.4 cm³/mol. The van der Waals surface area contributed by atoms with Gasteiger partial charge in [0, 0.05) is 16.6 Å². The van der Waals surface area contributed by atoms with Crippen molar-refractivity contribution >= 4 is 22.6 Å². The van der Waals surface area contributed by atoms with Gasteiger partial charge in [-0.15, -0.1) is 0 Å². The first-order chi connectivity index (χ1) is 10.5. The molecule has 0 aliphatic rings. The van der Waals surface area contributed by atoms with Crippen LogP contribution in [0, 0.1) is 19.7 Å². The minimum Gasteiger partial charge on any atom is -0.464 e. The molecule has 0 fully saturated rings. The minimum absolute atomic E-state index is 0.143. The second-order valence-corrected chi connectivity index (χ2v) is 5.44. The maximum absolute atomic E-state index is 13.3. The number of anilines is 1. The van der Waals surface area contributed by atoms with Crippen molar-refractivity contribution in [3.8, 4) is 0 Å². The Bertz CT molecular complexity index is 851. The highest BCUT2D eigenvalue weighted by molar-refractivity contribution is 5.95. The molecule has 0 bridgehead atoms. The Morgan fingerprint density at radius 2 is 2.00 bits per heavy atom. The van der Waals surface area contributed by atoms with E-state index in [1.807, 2.05) is 32.0 Å². The molecule has 0 atom stereocenters. The summed E-state index contributed by atoms with van der Waals surface area (Å²) in [6, 6.07) is 10.1. The summed E-state index contributed by atoms with van der Waals surface area (Å²) in [6.45, 7) is 3.95. The normalized spacial score (nSPS) is 10.9. The van der Waals surface area contributed by atoms with Crippen LogP contribution in [0.4, 0.5) is 10.1 Å². The number of hydrogen-bond donors (Lipinski definition) is 1. The highest BCUT2D eigenvalue weighted by atomic mass is 19.1. The van der Waals surface area contributed by atoms with Crippen molar-refractivity contribution < 1.29 is 13.6 Å². The van der Waals surface area contributed by atoms with E-state index in [1.165, 1.54) is 18.4 Å². The first kappa shape index (κ1) is 14.3. The van der Waals surface area contributed by atoms with Crippen LogP contribution < -0.4 is 5.32 Å². The summed E-state index contributed by atoms with van der Waals surface area (Å²) in [5.74, 6) is -0.496. The van der Waals surface area contributed by atoms with Gasteiger partial charge in [0.2, 0.25) is 5.91 Å². The van der Waals surface area contributed by atoms with Crippen LogP contribution in [0.2, 0.25) is 0 Å². The van der Waals surface area contributed by atoms with E-state index < -0.39 is 0 Å². The summed E-state index contributed by atoms with van der Waals surface area (Å²) >= 11 is 0. The number of aryl methyl sites for hydroxylation is 2. The second-order valence-electron chi connectivity index (χ2n) is 5.44. The van der Waals surface area contributed by atoms with Gasteiger partial charge in [0.15, 0.2) is 0 Å². The van der Waals surface area contributed by atoms with E-state index in [1.54, 1.807) is 6.07 Å². The Morgan fingerprint density at radius 3 is 2.77 bits per heavy atom. The first-order valence-electron chi connectivity index (χ1n) is 7.05. The smallest absolute Gasteiger partial charge is 0.228 e. The molecule has 1 N–H and O–H groups in total. The molecule has 1 heterocycles. The van der Waals surface area contributed by atoms with Crippen molar-refractivity contribution in [1.82, 2.24) is 0 Å². The number of benzene rings is 2. The van der Waals surface area contributed by atoms with Gasteiger partial charge in [0.25, 0.3) is 0 Å². The molecule has 0 aliphatic heterocycles. The Hall–Kier alpha value is -2.62. The fourth-order valence-corrected chi connectivity index (χ4v) is 2.51. The van der Waals surface area contributed by atoms with Crippen molar-refractivity contribution in [3.63, 3.8) is 0 Å². The van der Waals surface area contributed by atoms with Crippen molar-refractivity contribution in [2.45, 2.75) is 20.3 Å². The number of carbonyl (C=O) groups excluding carboxylic acids is 1. The molecule has 2 aromatic carbocycles. The number of carbonyl (C=O) groups is 1. The molecule has 0 unspecified atom stereocenters. The van der Waals surface area contributed by atoms with E-state index in [0.29, 0.717) is 16.5 Å². The summed E-state index contributed by atoms with van der Waals surface area (Å²) in [5, 5.41) is 3.52. The van der Waals surface area contributed by atoms with Gasteiger partial charge in [-0.05, 0) is 43.7 Å². The van der Waals surface area contributed by atoms with Crippen LogP contribution in [0.3, 0.4) is 0 Å². The Morgan fingerprint density at radius 1 is 1.18 bits per heavy atom. The van der Waals surface area contributed by atoms with E-state index in [-0.39, 0.29) is 18.1 Å². The minimum atomic E-state index is -0.343. The first-order valence-corrected chi connectivity index (χ1v) is 7.05. The SMILES string of the molecule is Cc1ccc(NC(=O)Cc2coc3ccc(F)cc23)c(C)c1. The highest BCUT2D eigenvalue weighted by Crippen LogP contribution is 2.23. The molecule has 1 amide bonds. The molecule has 22 heavy (non-hydrogen) atoms. The van der Waals surface area contributed by atoms with Gasteiger partial charge in [-0.1, -0.05) is 17.7 Å². The summed E-state index contributed by atoms with van der Waals surface area (Å²) in [7, 11) is 0. The number of nitrogens with one attached hydrogen (secondary N) is 1. The summed E-state index contributed by atoms with van der Waals surface area (Å²) in [5.41, 5.74) is 4.20. The number of fused-ring (bicyclic) bond motifs is 1. The van der Waals surface area contributed by atoms with Gasteiger partial charge in [0.05, 0.1) is 12.7 Å². The molecule has 3 nitrogen and oxygen atoms in total. The third-order valence-electron chi connectivity index (χ3n) is 3.62. The lowest BCUT2D eigenvalue weighted by molar-refractivity contribution is -0.115. The molecular weight excluding hydrogens is 281 g/mol. The van der Waals surface area contributed by atoms with E-state index >= 15 is 0 Å². The van der Waals surface area contributed by atoms with Crippen LogP contribution in [-0.2, 0) is 11.2 Å². The molecular formula is C18H16FNO2. The third kappa shape index (κ3) is 2.86. The number of rotatable bonds is 3. The molecule has 0 radical (unpaired) electrons. The zero-order valence-electron chi connectivity index (χ0n) is 12.4. The predicted octanol–water partition coefficient (Wildman–Crippen LogP) is 4.37. The highest BCUT2D eigenvalue weighted by Gasteiger charge is 2.12. The average Bonchev–Trinajstić information content (AvgIpc) is 2.84. The van der Waals surface area contributed by atoms with Gasteiger partial charge in [0.1, 0.15) is 11.4 Å². The fraction of sp³-hybridized carbons (Fsp3) is 0.167. The summed E-state index contributed by atoms with van der Waals surface area (Å²) in [4.78, 5) is 12.2. The molecule has 3 aromatic rings. The van der Waals surface area contributed by atoms with Crippen LogP contribution >= 0.6 is 0 Å². The molecule has 3 rings (SSSR count). The molecule has 0 aliphatic carbocycles. The summed E-state index contributed by atoms with van der Waals surface area (Å²) < 4.78 is 18.7. The summed E-state index contributed by atoms with van der Waals surface area (Å²) in [6.07, 6.45) is 1.65. The largest absolute Gasteiger partial charge is 0.464 e. The van der Waals surface area contributed by atoms with Gasteiger partial charge in [-0.3, -0.25) is 4.79 Å². The van der Waals surface area contributed by atoms with Gasteiger partial charge in [-0.2, -0.15) is 0 Å². The van der Waals surface area contributed by atoms with Crippen molar-refractivity contribution in [2.24, 2.45) is 0 Å². The molecule has 4 heteroatoms. The van der Waals surface area contributed by atoms with E-state index in [2.05, 4.69) is 5.32 Å². The fourth-order valence-electron chi connectivity index (χ4n) is 2.51. The maximum atomic E-state index is 13.3. The topological polar surface area (TPSA) is 42.2 Å². The number of amides is 1. The van der Waals surface area contributed by atoms with Gasteiger partial charge >= 0.3 is 0 Å². The average molecular weight is 297 g/mol. The second kappa shape index (κ2) is 5.64. The van der Waals surface area contributed by atoms with E-state index in [4.69, 9.17) is 4.42 Å². The molecule has 0 saturated carbocycles. The quantitative estimate of drug-likeness (QED) is 0.780. The number of hydrogen-bond acceptors (Lipinski definition) is 2. The van der Waals surface area contributed by atoms with Crippen molar-refractivity contribution in [3.05, 3.63) is 65.2 Å².